The molecule has 0 aliphatic rings. The fraction of sp³-hybridized carbons (Fsp3) is 0.100. The number of furan rings is 1. The first kappa shape index (κ1) is 18.7. The molecular formula is C20H17N3O6. The van der Waals surface area contributed by atoms with Crippen molar-refractivity contribution in [2.75, 3.05) is 5.32 Å². The predicted octanol–water partition coefficient (Wildman–Crippen LogP) is 3.07. The molecule has 148 valence electrons. The number of phenols is 1. The van der Waals surface area contributed by atoms with Gasteiger partial charge in [-0.2, -0.15) is 5.23 Å². The minimum absolute atomic E-state index is 0.0610. The highest BCUT2D eigenvalue weighted by molar-refractivity contribution is 6.02. The van der Waals surface area contributed by atoms with Crippen LogP contribution in [-0.4, -0.2) is 21.2 Å². The molecular weight excluding hydrogens is 378 g/mol. The maximum atomic E-state index is 12.3. The molecule has 2 aromatic carbocycles. The summed E-state index contributed by atoms with van der Waals surface area (Å²) in [4.78, 5) is 16.7. The number of oxazole rings is 1. The minimum Gasteiger partial charge on any atom is -0.592 e. The van der Waals surface area contributed by atoms with Crippen LogP contribution in [0.15, 0.2) is 51.3 Å². The van der Waals surface area contributed by atoms with E-state index in [1.165, 1.54) is 30.3 Å². The van der Waals surface area contributed by atoms with Crippen LogP contribution in [0, 0.1) is 19.1 Å². The molecule has 4 aromatic rings. The third-order valence-corrected chi connectivity index (χ3v) is 4.53. The van der Waals surface area contributed by atoms with Crippen LogP contribution in [-0.2, 0) is 0 Å². The molecule has 0 saturated carbocycles. The van der Waals surface area contributed by atoms with Gasteiger partial charge in [-0.05, 0) is 61.4 Å². The smallest absolute Gasteiger partial charge is 0.329 e. The van der Waals surface area contributed by atoms with Crippen LogP contribution in [0.1, 0.15) is 21.7 Å². The number of nitrogens with zero attached hydrogens (tertiary/aromatic N) is 1. The molecule has 1 amide bonds. The van der Waals surface area contributed by atoms with E-state index in [4.69, 9.17) is 14.0 Å². The Hall–Kier alpha value is -3.66. The highest BCUT2D eigenvalue weighted by Gasteiger charge is 2.17. The number of hydrogen-bond donors (Lipinski definition) is 4. The van der Waals surface area contributed by atoms with Crippen LogP contribution >= 0.6 is 0 Å². The minimum atomic E-state index is -1.27. The summed E-state index contributed by atoms with van der Waals surface area (Å²) in [7, 11) is 0. The SMILES string of the molecule is Cc1cc2nc(-c3cc(NC(=O)c4ccc([NH+]([O-])O)o4)ccc3O)oc2cc1C. The molecule has 4 rings (SSSR count). The average Bonchev–Trinajstić information content (AvgIpc) is 3.31. The zero-order valence-electron chi connectivity index (χ0n) is 15.5. The van der Waals surface area contributed by atoms with Crippen molar-refractivity contribution in [1.82, 2.24) is 4.98 Å². The fourth-order valence-electron chi connectivity index (χ4n) is 2.85. The van der Waals surface area contributed by atoms with Crippen molar-refractivity contribution in [2.45, 2.75) is 13.8 Å². The largest absolute Gasteiger partial charge is 0.592 e. The van der Waals surface area contributed by atoms with Crippen molar-refractivity contribution >= 4 is 28.6 Å². The Bertz CT molecular complexity index is 1190. The average molecular weight is 395 g/mol. The normalized spacial score (nSPS) is 12.3. The first-order chi connectivity index (χ1) is 13.8. The zero-order chi connectivity index (χ0) is 20.7. The lowest BCUT2D eigenvalue weighted by Gasteiger charge is -2.07. The summed E-state index contributed by atoms with van der Waals surface area (Å²) in [5, 5.41) is 31.3. The van der Waals surface area contributed by atoms with Crippen molar-refractivity contribution in [3.05, 3.63) is 64.6 Å². The summed E-state index contributed by atoms with van der Waals surface area (Å²) in [6.45, 7) is 3.94. The monoisotopic (exact) mass is 395 g/mol. The van der Waals surface area contributed by atoms with Crippen LogP contribution in [0.2, 0.25) is 0 Å². The number of aromatic hydroxyl groups is 1. The number of carbonyl (C=O) groups excluding carboxylic acids is 1. The Labute approximate surface area is 164 Å². The number of rotatable bonds is 4. The number of phenolic OH excluding ortho intramolecular Hbond substituents is 1. The third-order valence-electron chi connectivity index (χ3n) is 4.53. The Balaban J connectivity index is 1.64. The van der Waals surface area contributed by atoms with Gasteiger partial charge in [0.15, 0.2) is 11.3 Å². The predicted molar refractivity (Wildman–Crippen MR) is 103 cm³/mol. The van der Waals surface area contributed by atoms with E-state index in [9.17, 15) is 15.1 Å². The summed E-state index contributed by atoms with van der Waals surface area (Å²) in [5.41, 5.74) is 4.04. The number of aromatic nitrogens is 1. The van der Waals surface area contributed by atoms with Gasteiger partial charge in [0.05, 0.1) is 5.56 Å². The van der Waals surface area contributed by atoms with Gasteiger partial charge in [0.25, 0.3) is 5.91 Å². The molecule has 9 heteroatoms. The van der Waals surface area contributed by atoms with E-state index in [2.05, 4.69) is 10.3 Å². The molecule has 29 heavy (non-hydrogen) atoms. The number of benzene rings is 2. The summed E-state index contributed by atoms with van der Waals surface area (Å²) in [6.07, 6.45) is 0. The van der Waals surface area contributed by atoms with Crippen molar-refractivity contribution in [3.63, 3.8) is 0 Å². The van der Waals surface area contributed by atoms with Gasteiger partial charge in [-0.3, -0.25) is 4.79 Å². The highest BCUT2D eigenvalue weighted by atomic mass is 16.8. The Kier molecular flexibility index (Phi) is 4.55. The van der Waals surface area contributed by atoms with Gasteiger partial charge < -0.3 is 24.5 Å². The van der Waals surface area contributed by atoms with E-state index in [0.717, 1.165) is 11.1 Å². The van der Waals surface area contributed by atoms with Gasteiger partial charge in [0, 0.05) is 11.8 Å². The van der Waals surface area contributed by atoms with Gasteiger partial charge >= 0.3 is 5.88 Å². The van der Waals surface area contributed by atoms with Crippen molar-refractivity contribution in [3.8, 4) is 17.2 Å². The maximum absolute atomic E-state index is 12.3. The first-order valence-electron chi connectivity index (χ1n) is 8.67. The topological polar surface area (TPSA) is 136 Å². The van der Waals surface area contributed by atoms with E-state index in [1.54, 1.807) is 0 Å². The van der Waals surface area contributed by atoms with Gasteiger partial charge in [-0.25, -0.2) is 10.2 Å². The maximum Gasteiger partial charge on any atom is 0.329 e. The van der Waals surface area contributed by atoms with Gasteiger partial charge in [0.2, 0.25) is 5.89 Å². The second-order valence-corrected chi connectivity index (χ2v) is 6.58. The first-order valence-corrected chi connectivity index (χ1v) is 8.67. The number of anilines is 1. The number of nitrogens with one attached hydrogen (secondary N) is 2. The lowest BCUT2D eigenvalue weighted by atomic mass is 10.1. The Morgan fingerprint density at radius 3 is 2.59 bits per heavy atom. The zero-order valence-corrected chi connectivity index (χ0v) is 15.5. The van der Waals surface area contributed by atoms with Crippen LogP contribution in [0.25, 0.3) is 22.6 Å². The molecule has 0 fully saturated rings. The third kappa shape index (κ3) is 3.57. The molecule has 0 aliphatic carbocycles. The summed E-state index contributed by atoms with van der Waals surface area (Å²) in [5.74, 6) is -0.958. The van der Waals surface area contributed by atoms with E-state index < -0.39 is 11.1 Å². The second kappa shape index (κ2) is 7.06. The molecule has 1 unspecified atom stereocenters. The number of carbonyl (C=O) groups is 1. The van der Waals surface area contributed by atoms with Crippen molar-refractivity contribution < 1.29 is 29.2 Å². The quantitative estimate of drug-likeness (QED) is 0.308. The number of hydrogen-bond acceptors (Lipinski definition) is 7. The molecule has 1 atom stereocenters. The fourth-order valence-corrected chi connectivity index (χ4v) is 2.85. The number of amides is 1. The van der Waals surface area contributed by atoms with Gasteiger partial charge in [-0.15, -0.1) is 0 Å². The van der Waals surface area contributed by atoms with Crippen LogP contribution < -0.4 is 10.5 Å². The summed E-state index contributed by atoms with van der Waals surface area (Å²) in [6, 6.07) is 10.7. The van der Waals surface area contributed by atoms with Crippen LogP contribution in [0.3, 0.4) is 0 Å². The molecule has 4 N–H and O–H groups in total. The highest BCUT2D eigenvalue weighted by Crippen LogP contribution is 2.34. The molecule has 9 nitrogen and oxygen atoms in total. The van der Waals surface area contributed by atoms with E-state index >= 15 is 0 Å². The Morgan fingerprint density at radius 2 is 1.86 bits per heavy atom. The molecule has 0 spiro atoms. The molecule has 0 radical (unpaired) electrons. The summed E-state index contributed by atoms with van der Waals surface area (Å²) >= 11 is 0. The van der Waals surface area contributed by atoms with Crippen LogP contribution in [0.4, 0.5) is 11.6 Å². The number of fused-ring (bicyclic) bond motifs is 1. The number of quaternary nitrogens is 1. The summed E-state index contributed by atoms with van der Waals surface area (Å²) < 4.78 is 10.8. The lowest BCUT2D eigenvalue weighted by molar-refractivity contribution is -0.997. The molecule has 2 aromatic heterocycles. The standard InChI is InChI=1S/C20H17N3O6/c1-10-7-14-17(8-11(10)2)29-20(22-14)13-9-12(3-4-15(13)24)21-19(25)16-5-6-18(28-16)23(26)27/h3-9,23-24,26H,1-2H3,(H,21,25). The van der Waals surface area contributed by atoms with E-state index in [0.29, 0.717) is 22.4 Å². The molecule has 2 heterocycles. The lowest BCUT2D eigenvalue weighted by Crippen LogP contribution is -2.99. The van der Waals surface area contributed by atoms with Crippen molar-refractivity contribution in [1.29, 1.82) is 0 Å². The number of aryl methyl sites for hydroxylation is 2. The molecule has 0 saturated heterocycles. The van der Waals surface area contributed by atoms with E-state index in [1.807, 2.05) is 26.0 Å². The second-order valence-electron chi connectivity index (χ2n) is 6.58. The van der Waals surface area contributed by atoms with Crippen LogP contribution in [0.5, 0.6) is 5.75 Å². The Morgan fingerprint density at radius 1 is 1.10 bits per heavy atom. The molecule has 0 aliphatic heterocycles. The van der Waals surface area contributed by atoms with E-state index in [-0.39, 0.29) is 23.3 Å². The van der Waals surface area contributed by atoms with Crippen molar-refractivity contribution in [2.24, 2.45) is 0 Å². The molecule has 0 bridgehead atoms. The van der Waals surface area contributed by atoms with Gasteiger partial charge in [0.1, 0.15) is 11.3 Å². The van der Waals surface area contributed by atoms with Gasteiger partial charge in [-0.1, -0.05) is 0 Å².